The van der Waals surface area contributed by atoms with Crippen LogP contribution in [0.2, 0.25) is 0 Å². The van der Waals surface area contributed by atoms with Gasteiger partial charge in [0.2, 0.25) is 0 Å². The maximum Gasteiger partial charge on any atom is 0.191 e. The van der Waals surface area contributed by atoms with Crippen LogP contribution in [0.5, 0.6) is 0 Å². The van der Waals surface area contributed by atoms with Gasteiger partial charge in [-0.15, -0.1) is 0 Å². The maximum atomic E-state index is 13.9. The van der Waals surface area contributed by atoms with Crippen LogP contribution in [0.3, 0.4) is 0 Å². The number of nitrogens with one attached hydrogen (secondary N) is 2. The first-order valence-electron chi connectivity index (χ1n) is 8.36. The van der Waals surface area contributed by atoms with Crippen molar-refractivity contribution in [2.24, 2.45) is 4.99 Å². The van der Waals surface area contributed by atoms with Crippen LogP contribution in [0, 0.1) is 11.6 Å². The van der Waals surface area contributed by atoms with Gasteiger partial charge >= 0.3 is 0 Å². The molecule has 7 heteroatoms. The molecule has 5 nitrogen and oxygen atoms in total. The highest BCUT2D eigenvalue weighted by Gasteiger charge is 2.27. The predicted octanol–water partition coefficient (Wildman–Crippen LogP) is 2.54. The fraction of sp³-hybridized carbons (Fsp3) is 0.389. The summed E-state index contributed by atoms with van der Waals surface area (Å²) in [5.74, 6) is 0.528. The van der Waals surface area contributed by atoms with E-state index in [4.69, 9.17) is 4.42 Å². The summed E-state index contributed by atoms with van der Waals surface area (Å²) in [5, 5.41) is 6.53. The van der Waals surface area contributed by atoms with Crippen molar-refractivity contribution in [3.63, 3.8) is 0 Å². The van der Waals surface area contributed by atoms with E-state index in [0.29, 0.717) is 25.6 Å². The molecular formula is C18H22F2N4O. The van der Waals surface area contributed by atoms with Crippen LogP contribution in [-0.2, 0) is 6.42 Å². The molecule has 1 fully saturated rings. The number of rotatable bonds is 5. The normalized spacial score (nSPS) is 17.8. The Morgan fingerprint density at radius 1 is 1.28 bits per heavy atom. The molecule has 0 aliphatic carbocycles. The van der Waals surface area contributed by atoms with Crippen molar-refractivity contribution in [2.45, 2.75) is 18.9 Å². The SMILES string of the molecule is CN=C(NCCc1ccco1)NC1CCN(c2c(F)cccc2F)C1. The zero-order valence-electron chi connectivity index (χ0n) is 14.1. The van der Waals surface area contributed by atoms with Crippen molar-refractivity contribution in [2.75, 3.05) is 31.6 Å². The lowest BCUT2D eigenvalue weighted by atomic mass is 10.2. The Hall–Kier alpha value is -2.57. The molecule has 3 rings (SSSR count). The van der Waals surface area contributed by atoms with Crippen LogP contribution in [0.4, 0.5) is 14.5 Å². The molecule has 2 aromatic rings. The van der Waals surface area contributed by atoms with Gasteiger partial charge < -0.3 is 20.0 Å². The summed E-state index contributed by atoms with van der Waals surface area (Å²) >= 11 is 0. The lowest BCUT2D eigenvalue weighted by molar-refractivity contribution is 0.506. The molecule has 1 aromatic carbocycles. The number of benzene rings is 1. The van der Waals surface area contributed by atoms with Crippen LogP contribution < -0.4 is 15.5 Å². The largest absolute Gasteiger partial charge is 0.469 e. The molecule has 1 saturated heterocycles. The minimum Gasteiger partial charge on any atom is -0.469 e. The molecule has 0 spiro atoms. The zero-order valence-corrected chi connectivity index (χ0v) is 14.1. The summed E-state index contributed by atoms with van der Waals surface area (Å²) in [5.41, 5.74) is 0.0487. The van der Waals surface area contributed by atoms with E-state index >= 15 is 0 Å². The number of hydrogen-bond acceptors (Lipinski definition) is 3. The second-order valence-electron chi connectivity index (χ2n) is 5.97. The van der Waals surface area contributed by atoms with E-state index in [1.807, 2.05) is 12.1 Å². The van der Waals surface area contributed by atoms with Gasteiger partial charge in [-0.2, -0.15) is 0 Å². The standard InChI is InChI=1S/C18H22F2N4O/c1-21-18(22-9-7-14-4-3-11-25-14)23-13-8-10-24(12-13)17-15(19)5-2-6-16(17)20/h2-6,11,13H,7-10,12H2,1H3,(H2,21,22,23). The zero-order chi connectivity index (χ0) is 17.6. The van der Waals surface area contributed by atoms with Gasteiger partial charge in [0.15, 0.2) is 5.96 Å². The van der Waals surface area contributed by atoms with Gasteiger partial charge in [-0.1, -0.05) is 6.07 Å². The molecule has 2 heterocycles. The third kappa shape index (κ3) is 4.29. The lowest BCUT2D eigenvalue weighted by Crippen LogP contribution is -2.45. The average molecular weight is 348 g/mol. The van der Waals surface area contributed by atoms with Crippen molar-refractivity contribution in [3.8, 4) is 0 Å². The molecule has 1 unspecified atom stereocenters. The quantitative estimate of drug-likeness (QED) is 0.644. The van der Waals surface area contributed by atoms with Crippen LogP contribution >= 0.6 is 0 Å². The van der Waals surface area contributed by atoms with Gasteiger partial charge in [-0.05, 0) is 30.7 Å². The Morgan fingerprint density at radius 2 is 2.08 bits per heavy atom. The van der Waals surface area contributed by atoms with Crippen LogP contribution in [-0.4, -0.2) is 38.7 Å². The van der Waals surface area contributed by atoms with Gasteiger partial charge in [0.25, 0.3) is 0 Å². The van der Waals surface area contributed by atoms with E-state index in [1.165, 1.54) is 18.2 Å². The van der Waals surface area contributed by atoms with Gasteiger partial charge in [-0.25, -0.2) is 8.78 Å². The van der Waals surface area contributed by atoms with Crippen LogP contribution in [0.25, 0.3) is 0 Å². The summed E-state index contributed by atoms with van der Waals surface area (Å²) in [7, 11) is 1.70. The highest BCUT2D eigenvalue weighted by atomic mass is 19.1. The van der Waals surface area contributed by atoms with E-state index in [9.17, 15) is 8.78 Å². The third-order valence-corrected chi connectivity index (χ3v) is 4.25. The molecule has 134 valence electrons. The minimum atomic E-state index is -0.526. The van der Waals surface area contributed by atoms with Crippen LogP contribution in [0.15, 0.2) is 46.0 Å². The molecule has 2 N–H and O–H groups in total. The Labute approximate surface area is 145 Å². The van der Waals surface area contributed by atoms with Crippen molar-refractivity contribution in [3.05, 3.63) is 54.0 Å². The second kappa shape index (κ2) is 8.00. The fourth-order valence-corrected chi connectivity index (χ4v) is 3.02. The fourth-order valence-electron chi connectivity index (χ4n) is 3.02. The average Bonchev–Trinajstić information content (AvgIpc) is 3.26. The summed E-state index contributed by atoms with van der Waals surface area (Å²) in [6.45, 7) is 1.81. The number of aliphatic imine (C=N–C) groups is 1. The molecule has 25 heavy (non-hydrogen) atoms. The van der Waals surface area contributed by atoms with Gasteiger partial charge in [0.05, 0.1) is 6.26 Å². The minimum absolute atomic E-state index is 0.0487. The van der Waals surface area contributed by atoms with E-state index in [2.05, 4.69) is 15.6 Å². The number of hydrogen-bond donors (Lipinski definition) is 2. The molecule has 0 bridgehead atoms. The van der Waals surface area contributed by atoms with Gasteiger partial charge in [0, 0.05) is 39.1 Å². The van der Waals surface area contributed by atoms with Gasteiger partial charge in [0.1, 0.15) is 23.1 Å². The lowest BCUT2D eigenvalue weighted by Gasteiger charge is -2.21. The first-order chi connectivity index (χ1) is 12.2. The van der Waals surface area contributed by atoms with Crippen LogP contribution in [0.1, 0.15) is 12.2 Å². The summed E-state index contributed by atoms with van der Waals surface area (Å²) in [6.07, 6.45) is 3.19. The number of guanidine groups is 1. The Kier molecular flexibility index (Phi) is 5.53. The van der Waals surface area contributed by atoms with Crippen molar-refractivity contribution in [1.29, 1.82) is 0 Å². The first kappa shape index (κ1) is 17.3. The van der Waals surface area contributed by atoms with Crippen molar-refractivity contribution < 1.29 is 13.2 Å². The summed E-state index contributed by atoms with van der Waals surface area (Å²) in [4.78, 5) is 5.93. The number of furan rings is 1. The van der Waals surface area contributed by atoms with E-state index in [-0.39, 0.29) is 11.7 Å². The van der Waals surface area contributed by atoms with Crippen molar-refractivity contribution >= 4 is 11.6 Å². The summed E-state index contributed by atoms with van der Waals surface area (Å²) in [6, 6.07) is 7.81. The molecule has 0 amide bonds. The molecule has 1 aliphatic rings. The predicted molar refractivity (Wildman–Crippen MR) is 93.9 cm³/mol. The Bertz CT molecular complexity index is 698. The molecule has 1 aromatic heterocycles. The number of para-hydroxylation sites is 1. The highest BCUT2D eigenvalue weighted by molar-refractivity contribution is 5.80. The number of halogens is 2. The molecule has 0 saturated carbocycles. The van der Waals surface area contributed by atoms with Crippen molar-refractivity contribution in [1.82, 2.24) is 10.6 Å². The monoisotopic (exact) mass is 348 g/mol. The molecule has 0 radical (unpaired) electrons. The van der Waals surface area contributed by atoms with Gasteiger partial charge in [-0.3, -0.25) is 4.99 Å². The second-order valence-corrected chi connectivity index (χ2v) is 5.97. The first-order valence-corrected chi connectivity index (χ1v) is 8.36. The smallest absolute Gasteiger partial charge is 0.191 e. The topological polar surface area (TPSA) is 52.8 Å². The molecular weight excluding hydrogens is 326 g/mol. The van der Waals surface area contributed by atoms with E-state index < -0.39 is 11.6 Å². The third-order valence-electron chi connectivity index (χ3n) is 4.25. The number of anilines is 1. The maximum absolute atomic E-state index is 13.9. The summed E-state index contributed by atoms with van der Waals surface area (Å²) < 4.78 is 33.1. The van der Waals surface area contributed by atoms with E-state index in [0.717, 1.165) is 18.6 Å². The Morgan fingerprint density at radius 3 is 2.76 bits per heavy atom. The molecule has 1 atom stereocenters. The number of nitrogens with zero attached hydrogens (tertiary/aromatic N) is 2. The molecule has 1 aliphatic heterocycles. The Balaban J connectivity index is 1.51. The van der Waals surface area contributed by atoms with E-state index in [1.54, 1.807) is 18.2 Å². The highest BCUT2D eigenvalue weighted by Crippen LogP contribution is 2.26.